The van der Waals surface area contributed by atoms with Gasteiger partial charge in [0.25, 0.3) is 0 Å². The smallest absolute Gasteiger partial charge is 0.310 e. The molecule has 0 amide bonds. The summed E-state index contributed by atoms with van der Waals surface area (Å²) in [6, 6.07) is 0. The first-order valence-corrected chi connectivity index (χ1v) is 3.47. The van der Waals surface area contributed by atoms with Crippen molar-refractivity contribution < 1.29 is 9.53 Å². The molecule has 0 aromatic heterocycles. The van der Waals surface area contributed by atoms with Gasteiger partial charge >= 0.3 is 5.97 Å². The van der Waals surface area contributed by atoms with Crippen molar-refractivity contribution in [2.75, 3.05) is 0 Å². The van der Waals surface area contributed by atoms with Gasteiger partial charge in [0, 0.05) is 6.42 Å². The number of esters is 1. The van der Waals surface area contributed by atoms with Crippen LogP contribution in [0.3, 0.4) is 0 Å². The molecule has 0 aromatic carbocycles. The molecule has 0 aromatic rings. The molecule has 0 spiro atoms. The second-order valence-electron chi connectivity index (χ2n) is 2.22. The minimum atomic E-state index is -0.241. The third-order valence-corrected chi connectivity index (χ3v) is 0.503. The molecule has 64 valence electrons. The highest BCUT2D eigenvalue weighted by Gasteiger charge is 1.89. The Labute approximate surface area is 68.6 Å². The summed E-state index contributed by atoms with van der Waals surface area (Å²) >= 11 is 0. The molecule has 2 heteroatoms. The molecule has 0 saturated carbocycles. The molecule has 0 N–H and O–H groups in total. The Balaban J connectivity index is 0. The predicted octanol–water partition coefficient (Wildman–Crippen LogP) is 2.67. The van der Waals surface area contributed by atoms with Crippen LogP contribution in [0.25, 0.3) is 0 Å². The van der Waals surface area contributed by atoms with E-state index in [2.05, 4.69) is 17.9 Å². The standard InChI is InChI=1S/C5H8O2.C4H8/c1-3-5(6)7-4-2;1-4(2)3/h4H,2-3H2,1H3;1H2,2-3H3. The highest BCUT2D eigenvalue weighted by Crippen LogP contribution is 1.81. The largest absolute Gasteiger partial charge is 0.435 e. The molecule has 0 atom stereocenters. The van der Waals surface area contributed by atoms with E-state index < -0.39 is 0 Å². The molecule has 0 aliphatic heterocycles. The lowest BCUT2D eigenvalue weighted by atomic mass is 10.4. The Morgan fingerprint density at radius 3 is 2.00 bits per heavy atom. The molecule has 0 aliphatic carbocycles. The van der Waals surface area contributed by atoms with Crippen molar-refractivity contribution in [1.82, 2.24) is 0 Å². The fraction of sp³-hybridized carbons (Fsp3) is 0.444. The summed E-state index contributed by atoms with van der Waals surface area (Å²) in [5, 5.41) is 0. The van der Waals surface area contributed by atoms with E-state index >= 15 is 0 Å². The maximum Gasteiger partial charge on any atom is 0.310 e. The van der Waals surface area contributed by atoms with Crippen molar-refractivity contribution >= 4 is 5.97 Å². The lowest BCUT2D eigenvalue weighted by molar-refractivity contribution is -0.137. The summed E-state index contributed by atoms with van der Waals surface area (Å²) < 4.78 is 4.32. The molecule has 0 rings (SSSR count). The molecule has 0 bridgehead atoms. The molecule has 0 fully saturated rings. The van der Waals surface area contributed by atoms with Crippen LogP contribution in [0.1, 0.15) is 27.2 Å². The number of carbonyl (C=O) groups is 1. The van der Waals surface area contributed by atoms with Gasteiger partial charge in [0.2, 0.25) is 0 Å². The van der Waals surface area contributed by atoms with Gasteiger partial charge in [0.05, 0.1) is 6.26 Å². The molecular weight excluding hydrogens is 140 g/mol. The van der Waals surface area contributed by atoms with Gasteiger partial charge in [0.15, 0.2) is 0 Å². The van der Waals surface area contributed by atoms with Gasteiger partial charge in [-0.1, -0.05) is 19.1 Å². The molecule has 2 nitrogen and oxygen atoms in total. The van der Waals surface area contributed by atoms with Crippen LogP contribution in [0.2, 0.25) is 0 Å². The lowest BCUT2D eigenvalue weighted by Gasteiger charge is -1.88. The SMILES string of the molecule is C=C(C)C.C=COC(=O)CC. The van der Waals surface area contributed by atoms with E-state index in [1.54, 1.807) is 6.92 Å². The van der Waals surface area contributed by atoms with Crippen LogP contribution in [-0.4, -0.2) is 5.97 Å². The minimum absolute atomic E-state index is 0.241. The van der Waals surface area contributed by atoms with Crippen molar-refractivity contribution in [2.45, 2.75) is 27.2 Å². The zero-order valence-corrected chi connectivity index (χ0v) is 7.52. The highest BCUT2D eigenvalue weighted by atomic mass is 16.5. The summed E-state index contributed by atoms with van der Waals surface area (Å²) in [5.41, 5.74) is 1.17. The van der Waals surface area contributed by atoms with E-state index in [1.165, 1.54) is 5.57 Å². The summed E-state index contributed by atoms with van der Waals surface area (Å²) in [6.07, 6.45) is 1.54. The molecule has 0 unspecified atom stereocenters. The Bertz CT molecular complexity index is 132. The predicted molar refractivity (Wildman–Crippen MR) is 47.1 cm³/mol. The Kier molecular flexibility index (Phi) is 10.3. The number of ether oxygens (including phenoxy) is 1. The van der Waals surface area contributed by atoms with E-state index in [9.17, 15) is 4.79 Å². The fourth-order valence-electron chi connectivity index (χ4n) is 0.176. The molecular formula is C9H16O2. The van der Waals surface area contributed by atoms with E-state index in [1.807, 2.05) is 13.8 Å². The number of allylic oxidation sites excluding steroid dienone is 1. The molecule has 0 heterocycles. The Morgan fingerprint density at radius 2 is 1.91 bits per heavy atom. The van der Waals surface area contributed by atoms with Gasteiger partial charge < -0.3 is 4.74 Å². The monoisotopic (exact) mass is 156 g/mol. The van der Waals surface area contributed by atoms with Crippen LogP contribution in [-0.2, 0) is 9.53 Å². The normalized spacial score (nSPS) is 7.18. The summed E-state index contributed by atoms with van der Waals surface area (Å²) in [5.74, 6) is -0.241. The first-order valence-electron chi connectivity index (χ1n) is 3.47. The van der Waals surface area contributed by atoms with Gasteiger partial charge in [-0.2, -0.15) is 0 Å². The van der Waals surface area contributed by atoms with E-state index in [0.717, 1.165) is 6.26 Å². The second kappa shape index (κ2) is 8.95. The van der Waals surface area contributed by atoms with Crippen molar-refractivity contribution in [3.8, 4) is 0 Å². The van der Waals surface area contributed by atoms with Crippen LogP contribution < -0.4 is 0 Å². The first-order chi connectivity index (χ1) is 5.04. The molecule has 0 radical (unpaired) electrons. The third kappa shape index (κ3) is 27.7. The van der Waals surface area contributed by atoms with E-state index in [-0.39, 0.29) is 5.97 Å². The van der Waals surface area contributed by atoms with Crippen molar-refractivity contribution in [3.63, 3.8) is 0 Å². The average molecular weight is 156 g/mol. The van der Waals surface area contributed by atoms with Crippen LogP contribution in [0.15, 0.2) is 25.0 Å². The van der Waals surface area contributed by atoms with Crippen molar-refractivity contribution in [2.24, 2.45) is 0 Å². The zero-order valence-electron chi connectivity index (χ0n) is 7.52. The van der Waals surface area contributed by atoms with Crippen LogP contribution in [0.4, 0.5) is 0 Å². The Hall–Kier alpha value is -1.05. The summed E-state index contributed by atoms with van der Waals surface area (Å²) in [7, 11) is 0. The topological polar surface area (TPSA) is 26.3 Å². The van der Waals surface area contributed by atoms with Gasteiger partial charge in [-0.25, -0.2) is 0 Å². The number of rotatable bonds is 2. The third-order valence-electron chi connectivity index (χ3n) is 0.503. The number of hydrogen-bond donors (Lipinski definition) is 0. The Morgan fingerprint density at radius 1 is 1.55 bits per heavy atom. The van der Waals surface area contributed by atoms with Gasteiger partial charge in [-0.05, 0) is 13.8 Å². The van der Waals surface area contributed by atoms with Crippen molar-refractivity contribution in [3.05, 3.63) is 25.0 Å². The van der Waals surface area contributed by atoms with Crippen molar-refractivity contribution in [1.29, 1.82) is 0 Å². The van der Waals surface area contributed by atoms with Gasteiger partial charge in [0.1, 0.15) is 0 Å². The minimum Gasteiger partial charge on any atom is -0.435 e. The van der Waals surface area contributed by atoms with Crippen LogP contribution in [0, 0.1) is 0 Å². The number of hydrogen-bond acceptors (Lipinski definition) is 2. The van der Waals surface area contributed by atoms with Crippen LogP contribution >= 0.6 is 0 Å². The molecule has 0 aliphatic rings. The number of carbonyl (C=O) groups excluding carboxylic acids is 1. The highest BCUT2D eigenvalue weighted by molar-refractivity contribution is 5.69. The maximum absolute atomic E-state index is 10.1. The molecule has 0 saturated heterocycles. The zero-order chi connectivity index (χ0) is 9.28. The van der Waals surface area contributed by atoms with E-state index in [0.29, 0.717) is 6.42 Å². The maximum atomic E-state index is 10.1. The fourth-order valence-corrected chi connectivity index (χ4v) is 0.176. The average Bonchev–Trinajstić information content (AvgIpc) is 1.87. The quantitative estimate of drug-likeness (QED) is 0.349. The molecule has 11 heavy (non-hydrogen) atoms. The lowest BCUT2D eigenvalue weighted by Crippen LogP contribution is -1.94. The first kappa shape index (κ1) is 12.6. The van der Waals surface area contributed by atoms with Gasteiger partial charge in [-0.15, -0.1) is 6.58 Å². The van der Waals surface area contributed by atoms with Crippen LogP contribution in [0.5, 0.6) is 0 Å². The summed E-state index contributed by atoms with van der Waals surface area (Å²) in [4.78, 5) is 10.1. The second-order valence-corrected chi connectivity index (χ2v) is 2.22. The van der Waals surface area contributed by atoms with Gasteiger partial charge in [-0.3, -0.25) is 4.79 Å². The summed E-state index contributed by atoms with van der Waals surface area (Å²) in [6.45, 7) is 12.4. The van der Waals surface area contributed by atoms with E-state index in [4.69, 9.17) is 0 Å².